The maximum absolute atomic E-state index is 11.5. The van der Waals surface area contributed by atoms with Gasteiger partial charge in [0, 0.05) is 0 Å². The van der Waals surface area contributed by atoms with Gasteiger partial charge in [0.15, 0.2) is 12.4 Å². The Morgan fingerprint density at radius 1 is 1.16 bits per heavy atom. The van der Waals surface area contributed by atoms with Gasteiger partial charge in [0.05, 0.1) is 0 Å². The van der Waals surface area contributed by atoms with Crippen LogP contribution in [0.3, 0.4) is 0 Å². The molecule has 10 heteroatoms. The summed E-state index contributed by atoms with van der Waals surface area (Å²) in [5.41, 5.74) is 5.09. The maximum Gasteiger partial charge on any atom is 0.338 e. The number of hydrogen-bond donors (Lipinski definition) is 6. The Labute approximate surface area is 107 Å². The summed E-state index contributed by atoms with van der Waals surface area (Å²) in [6.07, 6.45) is -9.06. The fourth-order valence-electron chi connectivity index (χ4n) is 1.38. The quantitative estimate of drug-likeness (QED) is 0.276. The summed E-state index contributed by atoms with van der Waals surface area (Å²) < 4.78 is 9.04. The van der Waals surface area contributed by atoms with Crippen LogP contribution < -0.4 is 5.73 Å². The molecule has 6 atom stereocenters. The Kier molecular flexibility index (Phi) is 5.17. The molecule has 0 amide bonds. The van der Waals surface area contributed by atoms with Crippen LogP contribution >= 0.6 is 0 Å². The fraction of sp³-hybridized carbons (Fsp3) is 0.778. The van der Waals surface area contributed by atoms with E-state index in [1.54, 1.807) is 0 Å². The number of aliphatic hydroxyl groups excluding tert-OH is 4. The summed E-state index contributed by atoms with van der Waals surface area (Å²) in [7, 11) is 0. The van der Waals surface area contributed by atoms with Gasteiger partial charge in [0.25, 0.3) is 0 Å². The molecule has 1 rings (SSSR count). The molecule has 0 radical (unpaired) electrons. The molecule has 0 bridgehead atoms. The van der Waals surface area contributed by atoms with Gasteiger partial charge in [0.1, 0.15) is 31.0 Å². The Morgan fingerprint density at radius 2 is 1.74 bits per heavy atom. The van der Waals surface area contributed by atoms with Crippen LogP contribution in [0.5, 0.6) is 0 Å². The Bertz CT molecular complexity index is 349. The highest BCUT2D eigenvalue weighted by Crippen LogP contribution is 2.20. The predicted molar refractivity (Wildman–Crippen MR) is 55.5 cm³/mol. The molecule has 1 aliphatic rings. The largest absolute Gasteiger partial charge is 0.480 e. The number of carboxylic acids is 1. The minimum atomic E-state index is -1.89. The second-order valence-electron chi connectivity index (χ2n) is 3.99. The number of aliphatic hydroxyl groups is 4. The molecule has 0 aromatic heterocycles. The monoisotopic (exact) mass is 281 g/mol. The lowest BCUT2D eigenvalue weighted by molar-refractivity contribution is -0.281. The normalized spacial score (nSPS) is 36.6. The highest BCUT2D eigenvalue weighted by atomic mass is 16.7. The molecular formula is C9H15NO9. The summed E-state index contributed by atoms with van der Waals surface area (Å²) in [5, 5.41) is 45.6. The summed E-state index contributed by atoms with van der Waals surface area (Å²) in [6, 6.07) is -1.45. The van der Waals surface area contributed by atoms with E-state index in [9.17, 15) is 30.0 Å². The van der Waals surface area contributed by atoms with E-state index in [0.29, 0.717) is 0 Å². The molecular weight excluding hydrogens is 266 g/mol. The lowest BCUT2D eigenvalue weighted by Gasteiger charge is -2.36. The van der Waals surface area contributed by atoms with Crippen LogP contribution in [0.4, 0.5) is 0 Å². The van der Waals surface area contributed by atoms with Gasteiger partial charge in [-0.3, -0.25) is 4.79 Å². The minimum Gasteiger partial charge on any atom is -0.480 e. The van der Waals surface area contributed by atoms with E-state index in [0.717, 1.165) is 0 Å². The van der Waals surface area contributed by atoms with Crippen LogP contribution in [0.2, 0.25) is 0 Å². The van der Waals surface area contributed by atoms with Gasteiger partial charge in [-0.15, -0.1) is 0 Å². The van der Waals surface area contributed by atoms with Crippen molar-refractivity contribution in [2.45, 2.75) is 36.7 Å². The Hall–Kier alpha value is -1.30. The van der Waals surface area contributed by atoms with Crippen LogP contribution in [0.1, 0.15) is 0 Å². The van der Waals surface area contributed by atoms with E-state index in [2.05, 4.69) is 9.47 Å². The smallest absolute Gasteiger partial charge is 0.338 e. The lowest BCUT2D eigenvalue weighted by atomic mass is 9.99. The number of rotatable bonds is 4. The molecule has 0 aliphatic carbocycles. The van der Waals surface area contributed by atoms with Crippen LogP contribution in [0, 0.1) is 0 Å². The fourth-order valence-corrected chi connectivity index (χ4v) is 1.38. The van der Waals surface area contributed by atoms with Crippen molar-refractivity contribution < 1.29 is 44.6 Å². The van der Waals surface area contributed by atoms with Gasteiger partial charge >= 0.3 is 11.9 Å². The Balaban J connectivity index is 2.59. The first-order valence-corrected chi connectivity index (χ1v) is 5.28. The standard InChI is InChI=1S/C9H15NO9/c10-2(7(14)15)1-18-9(17)6-4(12)3(11)5(13)8(16)19-6/h2-6,8,11-13,16H,1,10H2,(H,14,15). The number of esters is 1. The van der Waals surface area contributed by atoms with Crippen LogP contribution in [-0.4, -0.2) is 80.8 Å². The number of aliphatic carboxylic acids is 1. The average molecular weight is 281 g/mol. The highest BCUT2D eigenvalue weighted by Gasteiger charge is 2.47. The van der Waals surface area contributed by atoms with Crippen molar-refractivity contribution in [3.63, 3.8) is 0 Å². The predicted octanol–water partition coefficient (Wildman–Crippen LogP) is -4.26. The number of carboxylic acid groups (broad SMARTS) is 1. The van der Waals surface area contributed by atoms with Gasteiger partial charge in [-0.1, -0.05) is 0 Å². The zero-order valence-corrected chi connectivity index (χ0v) is 9.62. The van der Waals surface area contributed by atoms with E-state index >= 15 is 0 Å². The maximum atomic E-state index is 11.5. The molecule has 0 spiro atoms. The second kappa shape index (κ2) is 6.23. The topological polar surface area (TPSA) is 180 Å². The van der Waals surface area contributed by atoms with Crippen LogP contribution in [0.15, 0.2) is 0 Å². The van der Waals surface area contributed by atoms with Crippen molar-refractivity contribution >= 4 is 11.9 Å². The van der Waals surface area contributed by atoms with Crippen LogP contribution in [0.25, 0.3) is 0 Å². The molecule has 110 valence electrons. The molecule has 1 saturated heterocycles. The molecule has 1 fully saturated rings. The molecule has 0 saturated carbocycles. The van der Waals surface area contributed by atoms with Gasteiger partial charge in [-0.2, -0.15) is 0 Å². The summed E-state index contributed by atoms with van der Waals surface area (Å²) in [6.45, 7) is -0.671. The van der Waals surface area contributed by atoms with Crippen LogP contribution in [-0.2, 0) is 19.1 Å². The first-order chi connectivity index (χ1) is 8.75. The third kappa shape index (κ3) is 3.59. The number of carbonyl (C=O) groups excluding carboxylic acids is 1. The van der Waals surface area contributed by atoms with Gasteiger partial charge in [-0.25, -0.2) is 4.79 Å². The first-order valence-electron chi connectivity index (χ1n) is 5.28. The van der Waals surface area contributed by atoms with Crippen molar-refractivity contribution in [2.24, 2.45) is 5.73 Å². The van der Waals surface area contributed by atoms with E-state index in [4.69, 9.17) is 10.8 Å². The van der Waals surface area contributed by atoms with E-state index in [1.165, 1.54) is 0 Å². The number of carbonyl (C=O) groups is 2. The molecule has 10 nitrogen and oxygen atoms in total. The second-order valence-corrected chi connectivity index (χ2v) is 3.99. The SMILES string of the molecule is NC(COC(=O)C1OC(O)C(O)C(O)C1O)C(=O)O. The minimum absolute atomic E-state index is 0.671. The average Bonchev–Trinajstić information content (AvgIpc) is 2.37. The molecule has 1 aliphatic heterocycles. The Morgan fingerprint density at radius 3 is 2.26 bits per heavy atom. The van der Waals surface area contributed by atoms with Crippen molar-refractivity contribution in [1.82, 2.24) is 0 Å². The molecule has 0 aromatic rings. The van der Waals surface area contributed by atoms with Gasteiger partial charge in [-0.05, 0) is 0 Å². The van der Waals surface area contributed by atoms with Crippen molar-refractivity contribution in [3.8, 4) is 0 Å². The third-order valence-electron chi connectivity index (χ3n) is 2.54. The zero-order chi connectivity index (χ0) is 14.7. The number of hydrogen-bond acceptors (Lipinski definition) is 9. The van der Waals surface area contributed by atoms with E-state index in [1.807, 2.05) is 0 Å². The molecule has 1 heterocycles. The van der Waals surface area contributed by atoms with Crippen molar-refractivity contribution in [1.29, 1.82) is 0 Å². The van der Waals surface area contributed by atoms with Crippen molar-refractivity contribution in [2.75, 3.05) is 6.61 Å². The summed E-state index contributed by atoms with van der Waals surface area (Å²) >= 11 is 0. The van der Waals surface area contributed by atoms with Gasteiger partial charge < -0.3 is 40.7 Å². The zero-order valence-electron chi connectivity index (χ0n) is 9.62. The molecule has 19 heavy (non-hydrogen) atoms. The number of nitrogens with two attached hydrogens (primary N) is 1. The van der Waals surface area contributed by atoms with E-state index in [-0.39, 0.29) is 0 Å². The van der Waals surface area contributed by atoms with Gasteiger partial charge in [0.2, 0.25) is 0 Å². The molecule has 6 unspecified atom stereocenters. The molecule has 0 aromatic carbocycles. The molecule has 7 N–H and O–H groups in total. The van der Waals surface area contributed by atoms with E-state index < -0.39 is 55.3 Å². The first kappa shape index (κ1) is 15.8. The number of ether oxygens (including phenoxy) is 2. The highest BCUT2D eigenvalue weighted by molar-refractivity contribution is 5.77. The summed E-state index contributed by atoms with van der Waals surface area (Å²) in [5.74, 6) is -2.61. The lowest BCUT2D eigenvalue weighted by Crippen LogP contribution is -2.60. The van der Waals surface area contributed by atoms with Crippen molar-refractivity contribution in [3.05, 3.63) is 0 Å². The summed E-state index contributed by atoms with van der Waals surface area (Å²) in [4.78, 5) is 21.9. The third-order valence-corrected chi connectivity index (χ3v) is 2.54.